The number of halogens is 1. The number of carbonyl (C=O) groups excluding carboxylic acids is 2. The van der Waals surface area contributed by atoms with Crippen LogP contribution in [0.1, 0.15) is 15.9 Å². The smallest absolute Gasteiger partial charge is 0.331 e. The summed E-state index contributed by atoms with van der Waals surface area (Å²) in [7, 11) is 0. The molecule has 23 heavy (non-hydrogen) atoms. The van der Waals surface area contributed by atoms with Crippen LogP contribution in [0.15, 0.2) is 54.6 Å². The fourth-order valence-corrected chi connectivity index (χ4v) is 1.98. The van der Waals surface area contributed by atoms with E-state index in [4.69, 9.17) is 16.3 Å². The van der Waals surface area contributed by atoms with Gasteiger partial charge < -0.3 is 15.2 Å². The fraction of sp³-hybridized carbons (Fsp3) is 0.176. The van der Waals surface area contributed by atoms with Gasteiger partial charge in [0.15, 0.2) is 6.04 Å². The van der Waals surface area contributed by atoms with Crippen molar-refractivity contribution in [3.63, 3.8) is 0 Å². The Bertz CT molecular complexity index is 658. The van der Waals surface area contributed by atoms with E-state index in [1.165, 1.54) is 12.1 Å². The molecule has 5 nitrogen and oxygen atoms in total. The van der Waals surface area contributed by atoms with Crippen LogP contribution < -0.4 is 5.32 Å². The van der Waals surface area contributed by atoms with Crippen molar-refractivity contribution in [2.45, 2.75) is 12.6 Å². The van der Waals surface area contributed by atoms with Crippen LogP contribution in [0.2, 0.25) is 5.02 Å². The largest absolute Gasteiger partial charge is 0.459 e. The van der Waals surface area contributed by atoms with Crippen LogP contribution in [0.5, 0.6) is 0 Å². The summed E-state index contributed by atoms with van der Waals surface area (Å²) in [5, 5.41) is 12.2. The number of nitrogens with one attached hydrogen (secondary N) is 1. The zero-order chi connectivity index (χ0) is 16.7. The van der Waals surface area contributed by atoms with Crippen LogP contribution in [0.3, 0.4) is 0 Å². The second-order valence-corrected chi connectivity index (χ2v) is 5.25. The lowest BCUT2D eigenvalue weighted by molar-refractivity contribution is -0.148. The summed E-state index contributed by atoms with van der Waals surface area (Å²) in [6, 6.07) is 14.2. The monoisotopic (exact) mass is 333 g/mol. The van der Waals surface area contributed by atoms with Crippen LogP contribution in [-0.4, -0.2) is 29.6 Å². The molecule has 0 bridgehead atoms. The summed E-state index contributed by atoms with van der Waals surface area (Å²) in [6.45, 7) is -0.472. The van der Waals surface area contributed by atoms with Gasteiger partial charge in [-0.15, -0.1) is 0 Å². The van der Waals surface area contributed by atoms with Gasteiger partial charge in [-0.05, 0) is 29.8 Å². The van der Waals surface area contributed by atoms with Crippen LogP contribution in [0.4, 0.5) is 0 Å². The molecular formula is C17H16ClNO4. The Balaban J connectivity index is 1.92. The quantitative estimate of drug-likeness (QED) is 0.794. The maximum atomic E-state index is 12.0. The highest BCUT2D eigenvalue weighted by Crippen LogP contribution is 2.09. The second-order valence-electron chi connectivity index (χ2n) is 4.81. The Morgan fingerprint density at radius 1 is 1.09 bits per heavy atom. The highest BCUT2D eigenvalue weighted by atomic mass is 35.5. The van der Waals surface area contributed by atoms with Gasteiger partial charge in [-0.25, -0.2) is 4.79 Å². The van der Waals surface area contributed by atoms with Crippen LogP contribution in [0.25, 0.3) is 0 Å². The minimum absolute atomic E-state index is 0.0764. The number of aliphatic hydroxyl groups is 1. The molecule has 1 atom stereocenters. The SMILES string of the molecule is O=C(N[C@@H](CO)C(=O)OCc1ccccc1)c1ccc(Cl)cc1. The number of hydrogen-bond donors (Lipinski definition) is 2. The Hall–Kier alpha value is -2.37. The Kier molecular flexibility index (Phi) is 6.14. The highest BCUT2D eigenvalue weighted by molar-refractivity contribution is 6.30. The minimum atomic E-state index is -1.12. The van der Waals surface area contributed by atoms with E-state index in [1.807, 2.05) is 30.3 Å². The molecule has 0 aliphatic carbocycles. The summed E-state index contributed by atoms with van der Waals surface area (Å²) in [4.78, 5) is 24.0. The van der Waals surface area contributed by atoms with Gasteiger partial charge in [0, 0.05) is 10.6 Å². The second kappa shape index (κ2) is 8.31. The standard InChI is InChI=1S/C17H16ClNO4/c18-14-8-6-13(7-9-14)16(21)19-15(10-20)17(22)23-11-12-4-2-1-3-5-12/h1-9,15,20H,10-11H2,(H,19,21)/t15-/m0/s1. The van der Waals surface area contributed by atoms with E-state index in [0.29, 0.717) is 10.6 Å². The first kappa shape index (κ1) is 17.0. The fourth-order valence-electron chi connectivity index (χ4n) is 1.85. The molecule has 2 aromatic rings. The van der Waals surface area contributed by atoms with Crippen LogP contribution in [-0.2, 0) is 16.1 Å². The summed E-state index contributed by atoms with van der Waals surface area (Å²) in [6.07, 6.45) is 0. The maximum Gasteiger partial charge on any atom is 0.331 e. The van der Waals surface area contributed by atoms with Gasteiger partial charge in [0.25, 0.3) is 5.91 Å². The molecule has 2 N–H and O–H groups in total. The molecule has 0 unspecified atom stereocenters. The molecule has 6 heteroatoms. The van der Waals surface area contributed by atoms with E-state index in [2.05, 4.69) is 5.32 Å². The van der Waals surface area contributed by atoms with Crippen molar-refractivity contribution in [2.24, 2.45) is 0 Å². The molecular weight excluding hydrogens is 318 g/mol. The summed E-state index contributed by atoms with van der Waals surface area (Å²) in [5.74, 6) is -1.18. The molecule has 0 radical (unpaired) electrons. The Labute approximate surface area is 138 Å². The van der Waals surface area contributed by atoms with E-state index in [9.17, 15) is 14.7 Å². The number of aliphatic hydroxyl groups excluding tert-OH is 1. The van der Waals surface area contributed by atoms with Gasteiger partial charge in [-0.2, -0.15) is 0 Å². The number of benzene rings is 2. The van der Waals surface area contributed by atoms with Gasteiger partial charge in [0.05, 0.1) is 6.61 Å². The third-order valence-electron chi connectivity index (χ3n) is 3.10. The predicted molar refractivity (Wildman–Crippen MR) is 86.0 cm³/mol. The van der Waals surface area contributed by atoms with E-state index in [0.717, 1.165) is 5.56 Å². The molecule has 2 rings (SSSR count). The van der Waals surface area contributed by atoms with Crippen molar-refractivity contribution in [2.75, 3.05) is 6.61 Å². The third kappa shape index (κ3) is 5.09. The average molecular weight is 334 g/mol. The van der Waals surface area contributed by atoms with Crippen molar-refractivity contribution in [1.82, 2.24) is 5.32 Å². The topological polar surface area (TPSA) is 75.6 Å². The first-order chi connectivity index (χ1) is 11.1. The highest BCUT2D eigenvalue weighted by Gasteiger charge is 2.22. The summed E-state index contributed by atoms with van der Waals surface area (Å²) >= 11 is 5.75. The zero-order valence-corrected chi connectivity index (χ0v) is 13.0. The number of hydrogen-bond acceptors (Lipinski definition) is 4. The molecule has 0 saturated carbocycles. The predicted octanol–water partition coefficient (Wildman–Crippen LogP) is 2.17. The third-order valence-corrected chi connectivity index (χ3v) is 3.35. The van der Waals surface area contributed by atoms with Crippen molar-refractivity contribution in [1.29, 1.82) is 0 Å². The Morgan fingerprint density at radius 2 is 1.74 bits per heavy atom. The molecule has 1 amide bonds. The van der Waals surface area contributed by atoms with Gasteiger partial charge in [0.1, 0.15) is 6.61 Å². The molecule has 0 aliphatic heterocycles. The lowest BCUT2D eigenvalue weighted by Gasteiger charge is -2.15. The number of amides is 1. The van der Waals surface area contributed by atoms with Crippen LogP contribution >= 0.6 is 11.6 Å². The van der Waals surface area contributed by atoms with Crippen molar-refractivity contribution in [3.05, 3.63) is 70.7 Å². The number of esters is 1. The van der Waals surface area contributed by atoms with Gasteiger partial charge >= 0.3 is 5.97 Å². The molecule has 120 valence electrons. The van der Waals surface area contributed by atoms with E-state index in [1.54, 1.807) is 12.1 Å². The zero-order valence-electron chi connectivity index (χ0n) is 12.2. The van der Waals surface area contributed by atoms with Crippen LogP contribution in [0, 0.1) is 0 Å². The molecule has 0 spiro atoms. The molecule has 0 heterocycles. The maximum absolute atomic E-state index is 12.0. The summed E-state index contributed by atoms with van der Waals surface area (Å²) < 4.78 is 5.10. The van der Waals surface area contributed by atoms with E-state index >= 15 is 0 Å². The first-order valence-corrected chi connectivity index (χ1v) is 7.36. The summed E-state index contributed by atoms with van der Waals surface area (Å²) in [5.41, 5.74) is 1.16. The van der Waals surface area contributed by atoms with E-state index in [-0.39, 0.29) is 6.61 Å². The molecule has 0 saturated heterocycles. The average Bonchev–Trinajstić information content (AvgIpc) is 2.59. The van der Waals surface area contributed by atoms with Crippen molar-refractivity contribution < 1.29 is 19.4 Å². The minimum Gasteiger partial charge on any atom is -0.459 e. The van der Waals surface area contributed by atoms with Gasteiger partial charge in [-0.1, -0.05) is 41.9 Å². The van der Waals surface area contributed by atoms with Gasteiger partial charge in [-0.3, -0.25) is 4.79 Å². The molecule has 0 aromatic heterocycles. The number of carbonyl (C=O) groups is 2. The number of ether oxygens (including phenoxy) is 1. The van der Waals surface area contributed by atoms with Gasteiger partial charge in [0.2, 0.25) is 0 Å². The van der Waals surface area contributed by atoms with Crippen molar-refractivity contribution in [3.8, 4) is 0 Å². The van der Waals surface area contributed by atoms with Crippen molar-refractivity contribution >= 4 is 23.5 Å². The normalized spacial score (nSPS) is 11.6. The number of rotatable bonds is 6. The lowest BCUT2D eigenvalue weighted by Crippen LogP contribution is -2.44. The van der Waals surface area contributed by atoms with E-state index < -0.39 is 24.5 Å². The molecule has 0 fully saturated rings. The Morgan fingerprint density at radius 3 is 2.35 bits per heavy atom. The molecule has 2 aromatic carbocycles. The molecule has 0 aliphatic rings. The first-order valence-electron chi connectivity index (χ1n) is 6.98. The lowest BCUT2D eigenvalue weighted by atomic mass is 10.2.